The van der Waals surface area contributed by atoms with Crippen LogP contribution in [0, 0.1) is 6.92 Å². The number of guanidine groups is 1. The van der Waals surface area contributed by atoms with Crippen molar-refractivity contribution in [3.8, 4) is 0 Å². The van der Waals surface area contributed by atoms with Crippen LogP contribution in [0.25, 0.3) is 0 Å². The van der Waals surface area contributed by atoms with Crippen LogP contribution in [0.15, 0.2) is 4.99 Å². The van der Waals surface area contributed by atoms with Gasteiger partial charge in [0.25, 0.3) is 0 Å². The van der Waals surface area contributed by atoms with Crippen molar-refractivity contribution in [1.29, 1.82) is 0 Å². The average molecular weight is 468 g/mol. The van der Waals surface area contributed by atoms with E-state index in [0.29, 0.717) is 13.1 Å². The van der Waals surface area contributed by atoms with Crippen molar-refractivity contribution in [2.75, 3.05) is 33.4 Å². The second-order valence-electron chi connectivity index (χ2n) is 6.18. The number of aromatic nitrogens is 3. The Labute approximate surface area is 168 Å². The van der Waals surface area contributed by atoms with Crippen LogP contribution in [0.1, 0.15) is 38.8 Å². The van der Waals surface area contributed by atoms with Gasteiger partial charge in [0.15, 0.2) is 11.8 Å². The van der Waals surface area contributed by atoms with Crippen LogP contribution in [0.5, 0.6) is 0 Å². The van der Waals surface area contributed by atoms with Crippen molar-refractivity contribution in [2.24, 2.45) is 12.0 Å². The van der Waals surface area contributed by atoms with Gasteiger partial charge in [-0.15, -0.1) is 34.2 Å². The van der Waals surface area contributed by atoms with E-state index < -0.39 is 0 Å². The molecule has 0 bridgehead atoms. The first kappa shape index (κ1) is 24.1. The molecule has 146 valence electrons. The molecule has 0 radical (unpaired) electrons. The van der Waals surface area contributed by atoms with Crippen LogP contribution < -0.4 is 10.6 Å². The predicted octanol–water partition coefficient (Wildman–Crippen LogP) is 1.63. The van der Waals surface area contributed by atoms with E-state index in [9.17, 15) is 0 Å². The summed E-state index contributed by atoms with van der Waals surface area (Å²) in [4.78, 5) is 4.60. The van der Waals surface area contributed by atoms with E-state index in [1.165, 1.54) is 0 Å². The Morgan fingerprint density at radius 1 is 1.28 bits per heavy atom. The summed E-state index contributed by atoms with van der Waals surface area (Å²) in [6, 6.07) is 0. The highest BCUT2D eigenvalue weighted by atomic mass is 127. The predicted molar refractivity (Wildman–Crippen MR) is 110 cm³/mol. The highest BCUT2D eigenvalue weighted by Crippen LogP contribution is 2.05. The highest BCUT2D eigenvalue weighted by molar-refractivity contribution is 14.0. The molecule has 0 spiro atoms. The van der Waals surface area contributed by atoms with Crippen molar-refractivity contribution in [2.45, 2.75) is 46.3 Å². The van der Waals surface area contributed by atoms with E-state index in [1.807, 2.05) is 39.3 Å². The van der Waals surface area contributed by atoms with Gasteiger partial charge in [0.05, 0.1) is 5.60 Å². The van der Waals surface area contributed by atoms with E-state index in [1.54, 1.807) is 7.11 Å². The lowest BCUT2D eigenvalue weighted by molar-refractivity contribution is 0.0268. The molecule has 0 aromatic carbocycles. The van der Waals surface area contributed by atoms with Crippen LogP contribution in [-0.4, -0.2) is 59.7 Å². The molecule has 1 aromatic rings. The summed E-state index contributed by atoms with van der Waals surface area (Å²) in [5, 5.41) is 14.8. The van der Waals surface area contributed by atoms with Crippen molar-refractivity contribution in [3.63, 3.8) is 0 Å². The van der Waals surface area contributed by atoms with Gasteiger partial charge in [-0.05, 0) is 34.1 Å². The monoisotopic (exact) mass is 468 g/mol. The lowest BCUT2D eigenvalue weighted by Crippen LogP contribution is -2.45. The van der Waals surface area contributed by atoms with Crippen LogP contribution >= 0.6 is 24.0 Å². The highest BCUT2D eigenvalue weighted by Gasteiger charge is 2.16. The molecule has 1 heterocycles. The van der Waals surface area contributed by atoms with Crippen molar-refractivity contribution < 1.29 is 9.47 Å². The molecule has 1 aromatic heterocycles. The summed E-state index contributed by atoms with van der Waals surface area (Å²) in [5.74, 6) is 2.44. The number of nitrogens with one attached hydrogen (secondary N) is 2. The number of aryl methyl sites for hydroxylation is 1. The van der Waals surface area contributed by atoms with Crippen LogP contribution in [0.2, 0.25) is 0 Å². The van der Waals surface area contributed by atoms with Crippen molar-refractivity contribution >= 4 is 29.9 Å². The van der Waals surface area contributed by atoms with Gasteiger partial charge < -0.3 is 24.7 Å². The zero-order valence-electron chi connectivity index (χ0n) is 16.3. The molecule has 0 saturated carbocycles. The van der Waals surface area contributed by atoms with Gasteiger partial charge in [-0.2, -0.15) is 0 Å². The molecular weight excluding hydrogens is 435 g/mol. The minimum Gasteiger partial charge on any atom is -0.382 e. The van der Waals surface area contributed by atoms with Crippen LogP contribution in [-0.2, 0) is 23.1 Å². The first-order valence-corrected chi connectivity index (χ1v) is 8.39. The van der Waals surface area contributed by atoms with Gasteiger partial charge in [-0.1, -0.05) is 0 Å². The van der Waals surface area contributed by atoms with Crippen LogP contribution in [0.3, 0.4) is 0 Å². The first-order valence-electron chi connectivity index (χ1n) is 8.39. The molecule has 0 unspecified atom stereocenters. The number of methoxy groups -OCH3 is 1. The molecular formula is C16H33IN6O2. The number of rotatable bonds is 10. The topological polar surface area (TPSA) is 85.6 Å². The maximum absolute atomic E-state index is 5.44. The van der Waals surface area contributed by atoms with E-state index in [0.717, 1.165) is 43.8 Å². The van der Waals surface area contributed by atoms with Gasteiger partial charge in [0, 0.05) is 40.5 Å². The zero-order valence-corrected chi connectivity index (χ0v) is 18.6. The molecule has 0 amide bonds. The van der Waals surface area contributed by atoms with Gasteiger partial charge >= 0.3 is 0 Å². The fourth-order valence-corrected chi connectivity index (χ4v) is 1.81. The largest absolute Gasteiger partial charge is 0.382 e. The Hall–Kier alpha value is -0.940. The van der Waals surface area contributed by atoms with Gasteiger partial charge in [0.2, 0.25) is 0 Å². The van der Waals surface area contributed by atoms with Gasteiger partial charge in [-0.3, -0.25) is 0 Å². The van der Waals surface area contributed by atoms with Crippen molar-refractivity contribution in [3.05, 3.63) is 11.6 Å². The number of halogens is 1. The Bertz CT molecular complexity index is 519. The summed E-state index contributed by atoms with van der Waals surface area (Å²) in [7, 11) is 3.65. The quantitative estimate of drug-likeness (QED) is 0.235. The lowest BCUT2D eigenvalue weighted by atomic mass is 10.1. The summed E-state index contributed by atoms with van der Waals surface area (Å²) in [6.07, 6.45) is 0.922. The normalized spacial score (nSPS) is 12.0. The Morgan fingerprint density at radius 2 is 2.00 bits per heavy atom. The molecule has 0 saturated heterocycles. The molecule has 1 rings (SSSR count). The molecule has 2 N–H and O–H groups in total. The number of hydrogen-bond acceptors (Lipinski definition) is 5. The maximum Gasteiger partial charge on any atom is 0.191 e. The smallest absolute Gasteiger partial charge is 0.191 e. The fraction of sp³-hybridized carbons (Fsp3) is 0.812. The van der Waals surface area contributed by atoms with E-state index >= 15 is 0 Å². The molecule has 0 aliphatic carbocycles. The van der Waals surface area contributed by atoms with E-state index in [2.05, 4.69) is 25.8 Å². The second kappa shape index (κ2) is 12.4. The second-order valence-corrected chi connectivity index (χ2v) is 6.18. The van der Waals surface area contributed by atoms with Crippen LogP contribution in [0.4, 0.5) is 0 Å². The summed E-state index contributed by atoms with van der Waals surface area (Å²) in [6.45, 7) is 11.4. The fourth-order valence-electron chi connectivity index (χ4n) is 1.81. The Morgan fingerprint density at radius 3 is 2.56 bits per heavy atom. The third-order valence-corrected chi connectivity index (χ3v) is 3.76. The first-order chi connectivity index (χ1) is 11.4. The number of hydrogen-bond donors (Lipinski definition) is 2. The van der Waals surface area contributed by atoms with Gasteiger partial charge in [-0.25, -0.2) is 4.99 Å². The lowest BCUT2D eigenvalue weighted by Gasteiger charge is -2.24. The number of ether oxygens (including phenoxy) is 2. The summed E-state index contributed by atoms with van der Waals surface area (Å²) >= 11 is 0. The average Bonchev–Trinajstić information content (AvgIpc) is 2.88. The molecule has 0 aliphatic rings. The molecule has 25 heavy (non-hydrogen) atoms. The summed E-state index contributed by atoms with van der Waals surface area (Å²) in [5.41, 5.74) is -0.269. The number of nitrogens with zero attached hydrogens (tertiary/aromatic N) is 4. The summed E-state index contributed by atoms with van der Waals surface area (Å²) < 4.78 is 12.7. The Balaban J connectivity index is 0.00000576. The SMILES string of the molecule is CCOCCCNC(=NCc1nnc(C)n1C)NCC(C)(C)OC.I. The van der Waals surface area contributed by atoms with Crippen molar-refractivity contribution in [1.82, 2.24) is 25.4 Å². The van der Waals surface area contributed by atoms with Gasteiger partial charge in [0.1, 0.15) is 12.4 Å². The standard InChI is InChI=1S/C16H32N6O2.HI/c1-7-24-10-8-9-17-15(19-12-16(3,4)23-6)18-11-14-21-20-13(2)22(14)5;/h7-12H2,1-6H3,(H2,17,18,19);1H. The molecule has 8 nitrogen and oxygen atoms in total. The third kappa shape index (κ3) is 9.36. The maximum atomic E-state index is 5.44. The Kier molecular flexibility index (Phi) is 12.0. The molecule has 0 aliphatic heterocycles. The molecule has 0 atom stereocenters. The van der Waals surface area contributed by atoms with E-state index in [4.69, 9.17) is 9.47 Å². The zero-order chi connectivity index (χ0) is 18.0. The minimum atomic E-state index is -0.269. The van der Waals surface area contributed by atoms with E-state index in [-0.39, 0.29) is 29.6 Å². The molecule has 0 fully saturated rings. The number of aliphatic imine (C=N–C) groups is 1. The molecule has 9 heteroatoms. The minimum absolute atomic E-state index is 0. The third-order valence-electron chi connectivity index (χ3n) is 3.76.